The van der Waals surface area contributed by atoms with Crippen LogP contribution in [-0.4, -0.2) is 56.9 Å². The van der Waals surface area contributed by atoms with Gasteiger partial charge in [-0.05, 0) is 6.42 Å². The van der Waals surface area contributed by atoms with E-state index >= 15 is 0 Å². The van der Waals surface area contributed by atoms with Crippen molar-refractivity contribution in [2.24, 2.45) is 0 Å². The third-order valence-corrected chi connectivity index (χ3v) is 5.35. The van der Waals surface area contributed by atoms with Crippen LogP contribution >= 0.6 is 0 Å². The summed E-state index contributed by atoms with van der Waals surface area (Å²) in [5.74, 6) is 0. The summed E-state index contributed by atoms with van der Waals surface area (Å²) < 4.78 is 0. The van der Waals surface area contributed by atoms with E-state index < -0.39 is 25.0 Å². The van der Waals surface area contributed by atoms with Crippen LogP contribution in [0.15, 0.2) is 0 Å². The molecule has 0 aromatic heterocycles. The van der Waals surface area contributed by atoms with Gasteiger partial charge in [0.1, 0.15) is 6.10 Å². The SMILES string of the molecule is CCCCCCCCCCCCCCCCCCN(C(=O)O)C(O)C(O)CO. The molecule has 2 atom stereocenters. The van der Waals surface area contributed by atoms with Gasteiger partial charge in [0.2, 0.25) is 0 Å². The highest BCUT2D eigenvalue weighted by Crippen LogP contribution is 2.14. The summed E-state index contributed by atoms with van der Waals surface area (Å²) in [4.78, 5) is 11.9. The number of rotatable bonds is 20. The lowest BCUT2D eigenvalue weighted by atomic mass is 10.0. The molecule has 0 bridgehead atoms. The minimum absolute atomic E-state index is 0.173. The molecule has 0 aliphatic rings. The van der Waals surface area contributed by atoms with Crippen LogP contribution < -0.4 is 0 Å². The van der Waals surface area contributed by atoms with Crippen LogP contribution in [-0.2, 0) is 0 Å². The molecule has 0 aliphatic heterocycles. The molecule has 1 amide bonds. The second kappa shape index (κ2) is 19.5. The summed E-state index contributed by atoms with van der Waals surface area (Å²) in [6.07, 6.45) is 15.7. The van der Waals surface area contributed by atoms with Crippen LogP contribution in [0.4, 0.5) is 4.79 Å². The van der Waals surface area contributed by atoms with Crippen LogP contribution in [0.1, 0.15) is 110 Å². The lowest BCUT2D eigenvalue weighted by Crippen LogP contribution is -2.48. The Labute approximate surface area is 172 Å². The van der Waals surface area contributed by atoms with Crippen molar-refractivity contribution in [2.75, 3.05) is 13.2 Å². The molecule has 0 aliphatic carbocycles. The molecular formula is C22H45NO5. The van der Waals surface area contributed by atoms with Crippen molar-refractivity contribution >= 4 is 6.09 Å². The highest BCUT2D eigenvalue weighted by atomic mass is 16.4. The van der Waals surface area contributed by atoms with Crippen LogP contribution in [0.2, 0.25) is 0 Å². The predicted molar refractivity (Wildman–Crippen MR) is 113 cm³/mol. The largest absolute Gasteiger partial charge is 0.465 e. The van der Waals surface area contributed by atoms with Gasteiger partial charge in [-0.3, -0.25) is 4.90 Å². The zero-order valence-corrected chi connectivity index (χ0v) is 18.0. The Kier molecular flexibility index (Phi) is 18.9. The maximum absolute atomic E-state index is 11.1. The van der Waals surface area contributed by atoms with E-state index in [9.17, 15) is 15.0 Å². The molecule has 0 saturated heterocycles. The zero-order chi connectivity index (χ0) is 21.0. The molecule has 2 unspecified atom stereocenters. The minimum atomic E-state index is -1.57. The molecule has 0 aromatic rings. The highest BCUT2D eigenvalue weighted by molar-refractivity contribution is 5.65. The van der Waals surface area contributed by atoms with E-state index in [0.29, 0.717) is 6.42 Å². The van der Waals surface area contributed by atoms with E-state index in [1.807, 2.05) is 0 Å². The highest BCUT2D eigenvalue weighted by Gasteiger charge is 2.26. The first-order chi connectivity index (χ1) is 13.5. The van der Waals surface area contributed by atoms with E-state index in [1.54, 1.807) is 0 Å². The quantitative estimate of drug-likeness (QED) is 0.171. The van der Waals surface area contributed by atoms with Crippen LogP contribution in [0, 0.1) is 0 Å². The number of hydrogen-bond donors (Lipinski definition) is 4. The topological polar surface area (TPSA) is 101 Å². The zero-order valence-electron chi connectivity index (χ0n) is 18.0. The van der Waals surface area contributed by atoms with Crippen molar-refractivity contribution in [2.45, 2.75) is 122 Å². The molecule has 4 N–H and O–H groups in total. The first-order valence-corrected chi connectivity index (χ1v) is 11.5. The molecule has 0 saturated carbocycles. The molecule has 0 spiro atoms. The third-order valence-electron chi connectivity index (χ3n) is 5.35. The molecule has 28 heavy (non-hydrogen) atoms. The Hall–Kier alpha value is -0.850. The van der Waals surface area contributed by atoms with Gasteiger partial charge in [0.05, 0.1) is 6.61 Å². The first kappa shape index (κ1) is 27.1. The molecule has 6 heteroatoms. The van der Waals surface area contributed by atoms with Crippen molar-refractivity contribution in [3.05, 3.63) is 0 Å². The number of hydrogen-bond acceptors (Lipinski definition) is 4. The standard InChI is InChI=1S/C22H45NO5/c1-2-3-4-5-6-7-8-9-10-11-12-13-14-15-16-17-18-23(22(27)28)21(26)20(25)19-24/h20-21,24-26H,2-19H2,1H3,(H,27,28). The van der Waals surface area contributed by atoms with E-state index in [-0.39, 0.29) is 6.54 Å². The monoisotopic (exact) mass is 403 g/mol. The van der Waals surface area contributed by atoms with Crippen molar-refractivity contribution in [3.8, 4) is 0 Å². The summed E-state index contributed by atoms with van der Waals surface area (Å²) in [7, 11) is 0. The molecule has 0 heterocycles. The average molecular weight is 404 g/mol. The first-order valence-electron chi connectivity index (χ1n) is 11.5. The van der Waals surface area contributed by atoms with Crippen LogP contribution in [0.3, 0.4) is 0 Å². The van der Waals surface area contributed by atoms with Gasteiger partial charge in [-0.25, -0.2) is 4.79 Å². The third kappa shape index (κ3) is 15.1. The van der Waals surface area contributed by atoms with E-state index in [4.69, 9.17) is 10.2 Å². The van der Waals surface area contributed by atoms with Gasteiger partial charge in [0.15, 0.2) is 6.23 Å². The fraction of sp³-hybridized carbons (Fsp3) is 0.955. The second-order valence-electron chi connectivity index (χ2n) is 7.94. The lowest BCUT2D eigenvalue weighted by molar-refractivity contribution is -0.0880. The second-order valence-corrected chi connectivity index (χ2v) is 7.94. The summed E-state index contributed by atoms with van der Waals surface area (Å²) in [6.45, 7) is 1.77. The van der Waals surface area contributed by atoms with Gasteiger partial charge in [0, 0.05) is 6.54 Å². The molecule has 168 valence electrons. The fourth-order valence-corrected chi connectivity index (χ4v) is 3.47. The van der Waals surface area contributed by atoms with Gasteiger partial charge < -0.3 is 20.4 Å². The number of nitrogens with zero attached hydrogens (tertiary/aromatic N) is 1. The summed E-state index contributed by atoms with van der Waals surface area (Å²) in [5.41, 5.74) is 0. The average Bonchev–Trinajstić information content (AvgIpc) is 2.69. The number of aliphatic hydroxyl groups is 3. The molecule has 0 rings (SSSR count). The van der Waals surface area contributed by atoms with E-state index in [2.05, 4.69) is 6.92 Å². The van der Waals surface area contributed by atoms with Gasteiger partial charge in [-0.1, -0.05) is 103 Å². The fourth-order valence-electron chi connectivity index (χ4n) is 3.47. The lowest BCUT2D eigenvalue weighted by Gasteiger charge is -2.27. The number of amides is 1. The molecule has 0 radical (unpaired) electrons. The number of carbonyl (C=O) groups is 1. The normalized spacial score (nSPS) is 13.4. The maximum Gasteiger partial charge on any atom is 0.409 e. The maximum atomic E-state index is 11.1. The number of carboxylic acid groups (broad SMARTS) is 1. The van der Waals surface area contributed by atoms with Crippen molar-refractivity contribution in [1.29, 1.82) is 0 Å². The van der Waals surface area contributed by atoms with Gasteiger partial charge in [-0.2, -0.15) is 0 Å². The molecular weight excluding hydrogens is 358 g/mol. The van der Waals surface area contributed by atoms with Crippen molar-refractivity contribution < 1.29 is 25.2 Å². The van der Waals surface area contributed by atoms with Crippen molar-refractivity contribution in [1.82, 2.24) is 4.90 Å². The molecule has 0 fully saturated rings. The van der Waals surface area contributed by atoms with Crippen molar-refractivity contribution in [3.63, 3.8) is 0 Å². The smallest absolute Gasteiger partial charge is 0.409 e. The minimum Gasteiger partial charge on any atom is -0.465 e. The Morgan fingerprint density at radius 3 is 1.39 bits per heavy atom. The van der Waals surface area contributed by atoms with Gasteiger partial charge >= 0.3 is 6.09 Å². The summed E-state index contributed by atoms with van der Waals surface area (Å²) in [6, 6.07) is 0. The van der Waals surface area contributed by atoms with Crippen LogP contribution in [0.25, 0.3) is 0 Å². The number of aliphatic hydroxyl groups excluding tert-OH is 3. The number of unbranched alkanes of at least 4 members (excludes halogenated alkanes) is 15. The molecule has 6 nitrogen and oxygen atoms in total. The van der Waals surface area contributed by atoms with E-state index in [0.717, 1.165) is 24.2 Å². The Balaban J connectivity index is 3.44. The Bertz CT molecular complexity index is 354. The van der Waals surface area contributed by atoms with E-state index in [1.165, 1.54) is 77.0 Å². The van der Waals surface area contributed by atoms with Crippen LogP contribution in [0.5, 0.6) is 0 Å². The molecule has 0 aromatic carbocycles. The predicted octanol–water partition coefficient (Wildman–Crippen LogP) is 4.90. The Morgan fingerprint density at radius 2 is 1.07 bits per heavy atom. The summed E-state index contributed by atoms with van der Waals surface area (Å²) in [5, 5.41) is 37.0. The van der Waals surface area contributed by atoms with Gasteiger partial charge in [-0.15, -0.1) is 0 Å². The van der Waals surface area contributed by atoms with Gasteiger partial charge in [0.25, 0.3) is 0 Å². The summed E-state index contributed by atoms with van der Waals surface area (Å²) >= 11 is 0. The Morgan fingerprint density at radius 1 is 0.714 bits per heavy atom.